The minimum Gasteiger partial charge on any atom is -0.393 e. The van der Waals surface area contributed by atoms with Crippen molar-refractivity contribution in [2.24, 2.45) is 0 Å². The predicted molar refractivity (Wildman–Crippen MR) is 86.5 cm³/mol. The monoisotopic (exact) mass is 337 g/mol. The molecule has 0 fully saturated rings. The maximum Gasteiger partial charge on any atom is 0.294 e. The number of hydrogen-bond acceptors (Lipinski definition) is 2. The molecule has 0 saturated heterocycles. The van der Waals surface area contributed by atoms with Gasteiger partial charge in [0.25, 0.3) is 5.56 Å². The Kier molecular flexibility index (Phi) is 4.38. The molecule has 0 aliphatic rings. The summed E-state index contributed by atoms with van der Waals surface area (Å²) in [6.07, 6.45) is 1.78. The van der Waals surface area contributed by atoms with Crippen LogP contribution in [0.5, 0.6) is 0 Å². The average Bonchev–Trinajstić information content (AvgIpc) is 2.64. The number of halogens is 1. The first-order valence-electron chi connectivity index (χ1n) is 6.87. The number of rotatable bonds is 4. The summed E-state index contributed by atoms with van der Waals surface area (Å²) in [5, 5.41) is 0. The zero-order valence-corrected chi connectivity index (χ0v) is 13.7. The van der Waals surface area contributed by atoms with Crippen LogP contribution in [-0.4, -0.2) is 9.36 Å². The molecule has 0 bridgehead atoms. The molecule has 108 valence electrons. The highest BCUT2D eigenvalue weighted by Gasteiger charge is 2.18. The predicted octanol–water partition coefficient (Wildman–Crippen LogP) is 3.26. The molecule has 0 spiro atoms. The van der Waals surface area contributed by atoms with E-state index in [0.717, 1.165) is 40.8 Å². The first-order valence-corrected chi connectivity index (χ1v) is 7.67. The van der Waals surface area contributed by atoms with E-state index in [1.54, 1.807) is 4.68 Å². The SMILES string of the molecule is CCCc1c(N)c(=O)n(-c2ccc(Br)cc2C)n1CC. The number of aromatic nitrogens is 2. The third kappa shape index (κ3) is 2.42. The average molecular weight is 338 g/mol. The standard InChI is InChI=1S/C15H20BrN3O/c1-4-6-13-14(17)15(20)19(18(13)5-2)12-8-7-11(16)9-10(12)3/h7-9H,4-6,17H2,1-3H3. The van der Waals surface area contributed by atoms with Gasteiger partial charge < -0.3 is 5.73 Å². The molecule has 0 radical (unpaired) electrons. The maximum absolute atomic E-state index is 12.5. The summed E-state index contributed by atoms with van der Waals surface area (Å²) in [6.45, 7) is 6.83. The van der Waals surface area contributed by atoms with Gasteiger partial charge in [-0.3, -0.25) is 9.48 Å². The van der Waals surface area contributed by atoms with E-state index in [1.165, 1.54) is 0 Å². The first kappa shape index (κ1) is 14.9. The summed E-state index contributed by atoms with van der Waals surface area (Å²) in [5.41, 5.74) is 9.12. The van der Waals surface area contributed by atoms with Crippen molar-refractivity contribution in [2.45, 2.75) is 40.2 Å². The highest BCUT2D eigenvalue weighted by Crippen LogP contribution is 2.21. The van der Waals surface area contributed by atoms with E-state index in [4.69, 9.17) is 5.73 Å². The second-order valence-corrected chi connectivity index (χ2v) is 5.79. The van der Waals surface area contributed by atoms with Gasteiger partial charge in [-0.1, -0.05) is 29.3 Å². The number of hydrogen-bond donors (Lipinski definition) is 1. The van der Waals surface area contributed by atoms with Gasteiger partial charge in [0.15, 0.2) is 0 Å². The third-order valence-electron chi connectivity index (χ3n) is 3.46. The van der Waals surface area contributed by atoms with Gasteiger partial charge >= 0.3 is 0 Å². The van der Waals surface area contributed by atoms with E-state index >= 15 is 0 Å². The van der Waals surface area contributed by atoms with Crippen LogP contribution in [0.4, 0.5) is 5.69 Å². The Hall–Kier alpha value is -1.49. The normalized spacial score (nSPS) is 11.0. The summed E-state index contributed by atoms with van der Waals surface area (Å²) < 4.78 is 4.68. The summed E-state index contributed by atoms with van der Waals surface area (Å²) in [4.78, 5) is 12.5. The van der Waals surface area contributed by atoms with Crippen LogP contribution in [0.2, 0.25) is 0 Å². The Morgan fingerprint density at radius 1 is 1.30 bits per heavy atom. The van der Waals surface area contributed by atoms with E-state index in [2.05, 4.69) is 22.9 Å². The van der Waals surface area contributed by atoms with Crippen molar-refractivity contribution in [1.82, 2.24) is 9.36 Å². The lowest BCUT2D eigenvalue weighted by Crippen LogP contribution is -2.22. The summed E-state index contributed by atoms with van der Waals surface area (Å²) in [5.74, 6) is 0. The summed E-state index contributed by atoms with van der Waals surface area (Å²) in [6, 6.07) is 5.89. The molecular weight excluding hydrogens is 318 g/mol. The number of anilines is 1. The lowest BCUT2D eigenvalue weighted by molar-refractivity contribution is 0.544. The van der Waals surface area contributed by atoms with Crippen LogP contribution in [-0.2, 0) is 13.0 Å². The molecule has 0 aliphatic heterocycles. The second-order valence-electron chi connectivity index (χ2n) is 4.87. The Morgan fingerprint density at radius 3 is 2.55 bits per heavy atom. The topological polar surface area (TPSA) is 53.0 Å². The first-order chi connectivity index (χ1) is 9.51. The van der Waals surface area contributed by atoms with E-state index in [0.29, 0.717) is 5.69 Å². The minimum absolute atomic E-state index is 0.124. The fourth-order valence-corrected chi connectivity index (χ4v) is 3.01. The number of nitrogen functional groups attached to an aromatic ring is 1. The van der Waals surface area contributed by atoms with Gasteiger partial charge in [0.1, 0.15) is 5.69 Å². The molecule has 0 unspecified atom stereocenters. The van der Waals surface area contributed by atoms with Crippen LogP contribution in [0.3, 0.4) is 0 Å². The van der Waals surface area contributed by atoms with Crippen LogP contribution >= 0.6 is 15.9 Å². The Bertz CT molecular complexity index is 685. The molecule has 1 heterocycles. The van der Waals surface area contributed by atoms with Crippen molar-refractivity contribution in [3.63, 3.8) is 0 Å². The van der Waals surface area contributed by atoms with Crippen LogP contribution in [0.25, 0.3) is 5.69 Å². The van der Waals surface area contributed by atoms with E-state index in [1.807, 2.05) is 36.7 Å². The molecule has 5 heteroatoms. The largest absolute Gasteiger partial charge is 0.393 e. The molecule has 0 amide bonds. The van der Waals surface area contributed by atoms with Crippen molar-refractivity contribution in [1.29, 1.82) is 0 Å². The Morgan fingerprint density at radius 2 is 2.00 bits per heavy atom. The molecule has 4 nitrogen and oxygen atoms in total. The number of benzene rings is 1. The van der Waals surface area contributed by atoms with Crippen LogP contribution in [0.15, 0.2) is 27.5 Å². The van der Waals surface area contributed by atoms with Crippen molar-refractivity contribution in [3.8, 4) is 5.69 Å². The van der Waals surface area contributed by atoms with Gasteiger partial charge in [-0.2, -0.15) is 0 Å². The molecule has 2 aromatic rings. The highest BCUT2D eigenvalue weighted by molar-refractivity contribution is 9.10. The molecule has 1 aromatic heterocycles. The van der Waals surface area contributed by atoms with Crippen LogP contribution in [0.1, 0.15) is 31.5 Å². The molecule has 1 aromatic carbocycles. The fraction of sp³-hybridized carbons (Fsp3) is 0.400. The second kappa shape index (κ2) is 5.87. The number of aryl methyl sites for hydroxylation is 1. The molecular formula is C15H20BrN3O. The Balaban J connectivity index is 2.73. The van der Waals surface area contributed by atoms with Crippen molar-refractivity contribution in [2.75, 3.05) is 5.73 Å². The fourth-order valence-electron chi connectivity index (χ4n) is 2.54. The van der Waals surface area contributed by atoms with Gasteiger partial charge in [-0.25, -0.2) is 4.68 Å². The van der Waals surface area contributed by atoms with Gasteiger partial charge in [0, 0.05) is 11.0 Å². The van der Waals surface area contributed by atoms with E-state index < -0.39 is 0 Å². The van der Waals surface area contributed by atoms with Gasteiger partial charge in [0.2, 0.25) is 0 Å². The van der Waals surface area contributed by atoms with Crippen LogP contribution in [0, 0.1) is 6.92 Å². The minimum atomic E-state index is -0.124. The van der Waals surface area contributed by atoms with E-state index in [9.17, 15) is 4.79 Å². The molecule has 20 heavy (non-hydrogen) atoms. The molecule has 0 saturated carbocycles. The number of nitrogens with zero attached hydrogens (tertiary/aromatic N) is 2. The zero-order valence-electron chi connectivity index (χ0n) is 12.1. The lowest BCUT2D eigenvalue weighted by Gasteiger charge is -2.14. The highest BCUT2D eigenvalue weighted by atomic mass is 79.9. The van der Waals surface area contributed by atoms with Crippen molar-refractivity contribution in [3.05, 3.63) is 44.3 Å². The smallest absolute Gasteiger partial charge is 0.294 e. The molecule has 0 aliphatic carbocycles. The number of nitrogens with two attached hydrogens (primary N) is 1. The van der Waals surface area contributed by atoms with Crippen molar-refractivity contribution < 1.29 is 0 Å². The zero-order chi connectivity index (χ0) is 14.9. The van der Waals surface area contributed by atoms with Crippen molar-refractivity contribution >= 4 is 21.6 Å². The molecule has 2 rings (SSSR count). The summed E-state index contributed by atoms with van der Waals surface area (Å²) >= 11 is 3.45. The maximum atomic E-state index is 12.5. The Labute approximate surface area is 127 Å². The van der Waals surface area contributed by atoms with E-state index in [-0.39, 0.29) is 5.56 Å². The lowest BCUT2D eigenvalue weighted by atomic mass is 10.2. The molecule has 2 N–H and O–H groups in total. The quantitative estimate of drug-likeness (QED) is 0.930. The summed E-state index contributed by atoms with van der Waals surface area (Å²) in [7, 11) is 0. The van der Waals surface area contributed by atoms with Gasteiger partial charge in [0.05, 0.1) is 11.4 Å². The van der Waals surface area contributed by atoms with Gasteiger partial charge in [-0.05, 0) is 44.0 Å². The van der Waals surface area contributed by atoms with Gasteiger partial charge in [-0.15, -0.1) is 0 Å². The third-order valence-corrected chi connectivity index (χ3v) is 3.95. The van der Waals surface area contributed by atoms with Crippen LogP contribution < -0.4 is 11.3 Å². The molecule has 0 atom stereocenters.